The van der Waals surface area contributed by atoms with Crippen LogP contribution in [0, 0.1) is 0 Å². The molecule has 1 amide bonds. The van der Waals surface area contributed by atoms with Crippen molar-refractivity contribution in [3.05, 3.63) is 47.9 Å². The Labute approximate surface area is 142 Å². The van der Waals surface area contributed by atoms with Crippen molar-refractivity contribution in [2.45, 2.75) is 26.2 Å². The molecule has 0 aliphatic rings. The van der Waals surface area contributed by atoms with Gasteiger partial charge in [0.25, 0.3) is 5.91 Å². The lowest BCUT2D eigenvalue weighted by Gasteiger charge is -2.07. The van der Waals surface area contributed by atoms with Crippen molar-refractivity contribution in [3.8, 4) is 5.75 Å². The molecule has 0 aliphatic heterocycles. The number of methoxy groups -OCH3 is 1. The van der Waals surface area contributed by atoms with Gasteiger partial charge in [0.2, 0.25) is 0 Å². The lowest BCUT2D eigenvalue weighted by Crippen LogP contribution is -2.25. The molecule has 24 heavy (non-hydrogen) atoms. The van der Waals surface area contributed by atoms with Crippen molar-refractivity contribution in [2.24, 2.45) is 0 Å². The maximum absolute atomic E-state index is 11.8. The lowest BCUT2D eigenvalue weighted by molar-refractivity contribution is 0.0948. The topological polar surface area (TPSA) is 76.1 Å². The summed E-state index contributed by atoms with van der Waals surface area (Å²) in [6, 6.07) is 7.97. The average molecular weight is 328 g/mol. The van der Waals surface area contributed by atoms with Gasteiger partial charge in [0.05, 0.1) is 19.5 Å². The molecule has 1 aromatic heterocycles. The van der Waals surface area contributed by atoms with E-state index in [1.165, 1.54) is 11.8 Å². The third-order valence-electron chi connectivity index (χ3n) is 3.58. The van der Waals surface area contributed by atoms with Crippen LogP contribution in [0.15, 0.2) is 36.7 Å². The van der Waals surface area contributed by atoms with Gasteiger partial charge in [-0.25, -0.2) is 9.97 Å². The number of anilines is 1. The molecular formula is C18H24N4O2. The van der Waals surface area contributed by atoms with Crippen LogP contribution in [0.25, 0.3) is 0 Å². The number of nitrogens with zero attached hydrogens (tertiary/aromatic N) is 2. The summed E-state index contributed by atoms with van der Waals surface area (Å²) in [7, 11) is 1.66. The first-order valence-corrected chi connectivity index (χ1v) is 8.20. The van der Waals surface area contributed by atoms with Gasteiger partial charge in [-0.3, -0.25) is 4.79 Å². The Morgan fingerprint density at radius 1 is 1.12 bits per heavy atom. The summed E-state index contributed by atoms with van der Waals surface area (Å²) in [5.41, 5.74) is 1.55. The Morgan fingerprint density at radius 3 is 2.54 bits per heavy atom. The molecule has 128 valence electrons. The van der Waals surface area contributed by atoms with Gasteiger partial charge >= 0.3 is 0 Å². The molecule has 0 saturated heterocycles. The van der Waals surface area contributed by atoms with E-state index in [9.17, 15) is 4.79 Å². The first kappa shape index (κ1) is 17.7. The van der Waals surface area contributed by atoms with Crippen molar-refractivity contribution < 1.29 is 9.53 Å². The number of unbranched alkanes of at least 4 members (excludes halogenated alkanes) is 1. The van der Waals surface area contributed by atoms with E-state index in [4.69, 9.17) is 4.74 Å². The van der Waals surface area contributed by atoms with Crippen molar-refractivity contribution in [1.82, 2.24) is 15.3 Å². The zero-order chi connectivity index (χ0) is 17.2. The molecule has 0 atom stereocenters. The van der Waals surface area contributed by atoms with E-state index >= 15 is 0 Å². The molecule has 2 rings (SSSR count). The molecule has 0 spiro atoms. The predicted molar refractivity (Wildman–Crippen MR) is 94.5 cm³/mol. The molecule has 2 aromatic rings. The summed E-state index contributed by atoms with van der Waals surface area (Å²) in [6.07, 6.45) is 5.96. The molecule has 0 saturated carbocycles. The molecule has 2 N–H and O–H groups in total. The van der Waals surface area contributed by atoms with Crippen LogP contribution in [0.1, 0.15) is 35.8 Å². The van der Waals surface area contributed by atoms with Crippen LogP contribution >= 0.6 is 0 Å². The highest BCUT2D eigenvalue weighted by Gasteiger charge is 2.06. The second-order valence-corrected chi connectivity index (χ2v) is 5.42. The van der Waals surface area contributed by atoms with Crippen LogP contribution in [0.3, 0.4) is 0 Å². The van der Waals surface area contributed by atoms with Crippen molar-refractivity contribution >= 4 is 11.7 Å². The smallest absolute Gasteiger partial charge is 0.271 e. The summed E-state index contributed by atoms with van der Waals surface area (Å²) in [4.78, 5) is 20.2. The minimum absolute atomic E-state index is 0.180. The Bertz CT molecular complexity index is 626. The highest BCUT2D eigenvalue weighted by Crippen LogP contribution is 2.11. The number of nitrogens with one attached hydrogen (secondary N) is 2. The van der Waals surface area contributed by atoms with E-state index in [1.807, 2.05) is 24.3 Å². The second-order valence-electron chi connectivity index (χ2n) is 5.42. The standard InChI is InChI=1S/C18H24N4O2/c1-3-4-10-20-18(23)16-12-22-17(13-21-16)19-11-9-14-5-7-15(24-2)8-6-14/h5-8,12-13H,3-4,9-11H2,1-2H3,(H,19,22)(H,20,23). The summed E-state index contributed by atoms with van der Waals surface area (Å²) in [5, 5.41) is 6.02. The number of carbonyl (C=O) groups is 1. The van der Waals surface area contributed by atoms with E-state index < -0.39 is 0 Å². The van der Waals surface area contributed by atoms with E-state index in [0.717, 1.165) is 31.6 Å². The third kappa shape index (κ3) is 5.53. The van der Waals surface area contributed by atoms with Gasteiger partial charge in [0, 0.05) is 13.1 Å². The number of rotatable bonds is 9. The van der Waals surface area contributed by atoms with Crippen LogP contribution in [-0.2, 0) is 6.42 Å². The van der Waals surface area contributed by atoms with Gasteiger partial charge in [-0.15, -0.1) is 0 Å². The molecular weight excluding hydrogens is 304 g/mol. The van der Waals surface area contributed by atoms with Crippen LogP contribution in [0.5, 0.6) is 5.75 Å². The molecule has 6 heteroatoms. The van der Waals surface area contributed by atoms with E-state index in [1.54, 1.807) is 13.3 Å². The molecule has 0 unspecified atom stereocenters. The summed E-state index contributed by atoms with van der Waals surface area (Å²) < 4.78 is 5.14. The van der Waals surface area contributed by atoms with E-state index in [-0.39, 0.29) is 5.91 Å². The van der Waals surface area contributed by atoms with Crippen LogP contribution < -0.4 is 15.4 Å². The SMILES string of the molecule is CCCCNC(=O)c1cnc(NCCc2ccc(OC)cc2)cn1. The van der Waals surface area contributed by atoms with Crippen molar-refractivity contribution in [2.75, 3.05) is 25.5 Å². The Balaban J connectivity index is 1.77. The number of amides is 1. The minimum atomic E-state index is -0.180. The molecule has 1 aromatic carbocycles. The highest BCUT2D eigenvalue weighted by molar-refractivity contribution is 5.91. The third-order valence-corrected chi connectivity index (χ3v) is 3.58. The van der Waals surface area contributed by atoms with Gasteiger partial charge in [-0.05, 0) is 30.5 Å². The second kappa shape index (κ2) is 9.50. The number of benzene rings is 1. The molecule has 0 radical (unpaired) electrons. The number of hydrogen-bond acceptors (Lipinski definition) is 5. The highest BCUT2D eigenvalue weighted by atomic mass is 16.5. The van der Waals surface area contributed by atoms with Gasteiger partial charge < -0.3 is 15.4 Å². The predicted octanol–water partition coefficient (Wildman–Crippen LogP) is 2.67. The van der Waals surface area contributed by atoms with Crippen LogP contribution in [0.4, 0.5) is 5.82 Å². The largest absolute Gasteiger partial charge is 0.497 e. The molecule has 1 heterocycles. The number of carbonyl (C=O) groups excluding carboxylic acids is 1. The zero-order valence-corrected chi connectivity index (χ0v) is 14.2. The maximum Gasteiger partial charge on any atom is 0.271 e. The van der Waals surface area contributed by atoms with Crippen LogP contribution in [0.2, 0.25) is 0 Å². The summed E-state index contributed by atoms with van der Waals surface area (Å²) >= 11 is 0. The zero-order valence-electron chi connectivity index (χ0n) is 14.2. The Kier molecular flexibility index (Phi) is 7.01. The van der Waals surface area contributed by atoms with Crippen molar-refractivity contribution in [3.63, 3.8) is 0 Å². The number of hydrogen-bond donors (Lipinski definition) is 2. The number of ether oxygens (including phenoxy) is 1. The quantitative estimate of drug-likeness (QED) is 0.692. The average Bonchev–Trinajstić information content (AvgIpc) is 2.63. The first-order valence-electron chi connectivity index (χ1n) is 8.20. The molecule has 6 nitrogen and oxygen atoms in total. The van der Waals surface area contributed by atoms with E-state index in [0.29, 0.717) is 18.1 Å². The molecule has 0 bridgehead atoms. The normalized spacial score (nSPS) is 10.2. The maximum atomic E-state index is 11.8. The van der Waals surface area contributed by atoms with E-state index in [2.05, 4.69) is 27.5 Å². The lowest BCUT2D eigenvalue weighted by atomic mass is 10.1. The number of aromatic nitrogens is 2. The van der Waals surface area contributed by atoms with Crippen molar-refractivity contribution in [1.29, 1.82) is 0 Å². The first-order chi connectivity index (χ1) is 11.7. The fraction of sp³-hybridized carbons (Fsp3) is 0.389. The van der Waals surface area contributed by atoms with Gasteiger partial charge in [-0.2, -0.15) is 0 Å². The minimum Gasteiger partial charge on any atom is -0.497 e. The molecule has 0 aliphatic carbocycles. The fourth-order valence-corrected chi connectivity index (χ4v) is 2.13. The van der Waals surface area contributed by atoms with Gasteiger partial charge in [0.15, 0.2) is 0 Å². The Hall–Kier alpha value is -2.63. The Morgan fingerprint density at radius 2 is 1.92 bits per heavy atom. The van der Waals surface area contributed by atoms with Gasteiger partial charge in [-0.1, -0.05) is 25.5 Å². The monoisotopic (exact) mass is 328 g/mol. The fourth-order valence-electron chi connectivity index (χ4n) is 2.13. The summed E-state index contributed by atoms with van der Waals surface area (Å²) in [6.45, 7) is 3.49. The van der Waals surface area contributed by atoms with Gasteiger partial charge in [0.1, 0.15) is 17.3 Å². The summed E-state index contributed by atoms with van der Waals surface area (Å²) in [5.74, 6) is 1.33. The van der Waals surface area contributed by atoms with Crippen LogP contribution in [-0.4, -0.2) is 36.1 Å². The molecule has 0 fully saturated rings.